The quantitative estimate of drug-likeness (QED) is 0.870. The van der Waals surface area contributed by atoms with Crippen molar-refractivity contribution in [3.63, 3.8) is 0 Å². The van der Waals surface area contributed by atoms with E-state index in [-0.39, 0.29) is 24.2 Å². The van der Waals surface area contributed by atoms with Crippen molar-refractivity contribution in [2.24, 2.45) is 11.7 Å². The minimum atomic E-state index is -0.154. The Hall–Kier alpha value is 0.0400. The summed E-state index contributed by atoms with van der Waals surface area (Å²) in [5.41, 5.74) is 6.73. The fourth-order valence-electron chi connectivity index (χ4n) is 1.49. The molecule has 0 aliphatic heterocycles. The summed E-state index contributed by atoms with van der Waals surface area (Å²) in [6.07, 6.45) is 0.835. The summed E-state index contributed by atoms with van der Waals surface area (Å²) in [6.45, 7) is 4.20. The van der Waals surface area contributed by atoms with Crippen molar-refractivity contribution in [2.45, 2.75) is 26.3 Å². The Labute approximate surface area is 116 Å². The van der Waals surface area contributed by atoms with E-state index in [1.807, 2.05) is 0 Å². The molecule has 1 rings (SSSR count). The Kier molecular flexibility index (Phi) is 6.71. The van der Waals surface area contributed by atoms with E-state index < -0.39 is 0 Å². The molecule has 0 aromatic heterocycles. The predicted molar refractivity (Wildman–Crippen MR) is 74.4 cm³/mol. The van der Waals surface area contributed by atoms with E-state index in [0.717, 1.165) is 12.0 Å². The predicted octanol–water partition coefficient (Wildman–Crippen LogP) is 4.28. The summed E-state index contributed by atoms with van der Waals surface area (Å²) in [4.78, 5) is 0. The third-order valence-corrected chi connectivity index (χ3v) is 3.57. The first kappa shape index (κ1) is 16.0. The number of phenols is 1. The van der Waals surface area contributed by atoms with Crippen LogP contribution in [0.2, 0.25) is 5.02 Å². The molecule has 0 amide bonds. The first-order valence-corrected chi connectivity index (χ1v) is 6.03. The van der Waals surface area contributed by atoms with Gasteiger partial charge in [-0.25, -0.2) is 0 Å². The number of hydrogen-bond donors (Lipinski definition) is 2. The maximum absolute atomic E-state index is 9.85. The molecular formula is C11H16BrCl2NO. The summed E-state index contributed by atoms with van der Waals surface area (Å²) in [7, 11) is 0. The second-order valence-corrected chi connectivity index (χ2v) is 5.24. The maximum Gasteiger partial charge on any atom is 0.136 e. The van der Waals surface area contributed by atoms with Gasteiger partial charge in [0.05, 0.1) is 9.50 Å². The molecule has 1 atom stereocenters. The van der Waals surface area contributed by atoms with Crippen molar-refractivity contribution in [3.8, 4) is 5.75 Å². The highest BCUT2D eigenvalue weighted by Gasteiger charge is 2.15. The van der Waals surface area contributed by atoms with E-state index >= 15 is 0 Å². The van der Waals surface area contributed by atoms with Gasteiger partial charge in [-0.2, -0.15) is 0 Å². The highest BCUT2D eigenvalue weighted by Crippen LogP contribution is 2.37. The third-order valence-electron chi connectivity index (χ3n) is 2.23. The van der Waals surface area contributed by atoms with Crippen molar-refractivity contribution in [1.82, 2.24) is 0 Å². The van der Waals surface area contributed by atoms with Crippen LogP contribution in [0.25, 0.3) is 0 Å². The largest absolute Gasteiger partial charge is 0.506 e. The van der Waals surface area contributed by atoms with Crippen LogP contribution >= 0.6 is 39.9 Å². The summed E-state index contributed by atoms with van der Waals surface area (Å²) < 4.78 is 0.515. The smallest absolute Gasteiger partial charge is 0.136 e. The SMILES string of the molecule is CC(C)C[C@@H](N)c1ccc(Cl)c(Br)c1O.Cl. The maximum atomic E-state index is 9.85. The Balaban J connectivity index is 0.00000225. The normalized spacial score (nSPS) is 12.4. The molecule has 3 N–H and O–H groups in total. The molecule has 0 heterocycles. The Morgan fingerprint density at radius 3 is 2.50 bits per heavy atom. The molecule has 0 fully saturated rings. The molecule has 0 spiro atoms. The summed E-state index contributed by atoms with van der Waals surface area (Å²) in [6, 6.07) is 3.36. The molecule has 1 aromatic carbocycles. The van der Waals surface area contributed by atoms with Crippen LogP contribution in [0.5, 0.6) is 5.75 Å². The number of nitrogens with two attached hydrogens (primary N) is 1. The van der Waals surface area contributed by atoms with Gasteiger partial charge < -0.3 is 10.8 Å². The van der Waals surface area contributed by atoms with Gasteiger partial charge in [-0.1, -0.05) is 31.5 Å². The minimum Gasteiger partial charge on any atom is -0.506 e. The summed E-state index contributed by atoms with van der Waals surface area (Å²) in [5, 5.41) is 10.3. The Morgan fingerprint density at radius 1 is 1.44 bits per heavy atom. The van der Waals surface area contributed by atoms with Gasteiger partial charge in [0.25, 0.3) is 0 Å². The van der Waals surface area contributed by atoms with Gasteiger partial charge in [-0.15, -0.1) is 12.4 Å². The lowest BCUT2D eigenvalue weighted by Crippen LogP contribution is -2.13. The fourth-order valence-corrected chi connectivity index (χ4v) is 2.00. The zero-order valence-electron chi connectivity index (χ0n) is 9.21. The molecule has 16 heavy (non-hydrogen) atoms. The second kappa shape index (κ2) is 6.70. The van der Waals surface area contributed by atoms with Gasteiger partial charge in [-0.3, -0.25) is 0 Å². The van der Waals surface area contributed by atoms with Crippen molar-refractivity contribution >= 4 is 39.9 Å². The van der Waals surface area contributed by atoms with E-state index in [0.29, 0.717) is 15.4 Å². The third kappa shape index (κ3) is 3.81. The first-order chi connectivity index (χ1) is 6.93. The average molecular weight is 329 g/mol. The van der Waals surface area contributed by atoms with Crippen molar-refractivity contribution in [3.05, 3.63) is 27.2 Å². The number of aromatic hydroxyl groups is 1. The first-order valence-electron chi connectivity index (χ1n) is 4.86. The van der Waals surface area contributed by atoms with Gasteiger partial charge in [0.15, 0.2) is 0 Å². The Bertz CT molecular complexity index is 358. The topological polar surface area (TPSA) is 46.2 Å². The molecule has 0 aliphatic rings. The molecule has 0 unspecified atom stereocenters. The number of phenolic OH excluding ortho intramolecular Hbond substituents is 1. The summed E-state index contributed by atoms with van der Waals surface area (Å²) in [5.74, 6) is 0.643. The highest BCUT2D eigenvalue weighted by molar-refractivity contribution is 9.10. The lowest BCUT2D eigenvalue weighted by atomic mass is 9.97. The fraction of sp³-hybridized carbons (Fsp3) is 0.455. The zero-order chi connectivity index (χ0) is 11.6. The van der Waals surface area contributed by atoms with Crippen LogP contribution in [0.3, 0.4) is 0 Å². The lowest BCUT2D eigenvalue weighted by molar-refractivity contribution is 0.442. The number of benzene rings is 1. The molecule has 0 bridgehead atoms. The second-order valence-electron chi connectivity index (χ2n) is 4.04. The van der Waals surface area contributed by atoms with Gasteiger partial charge in [0.2, 0.25) is 0 Å². The van der Waals surface area contributed by atoms with Crippen molar-refractivity contribution in [1.29, 1.82) is 0 Å². The molecule has 0 aliphatic carbocycles. The van der Waals surface area contributed by atoms with E-state index in [1.165, 1.54) is 0 Å². The van der Waals surface area contributed by atoms with Gasteiger partial charge in [0.1, 0.15) is 5.75 Å². The van der Waals surface area contributed by atoms with Crippen LogP contribution in [0.4, 0.5) is 0 Å². The van der Waals surface area contributed by atoms with E-state index in [9.17, 15) is 5.11 Å². The number of halogens is 3. The van der Waals surface area contributed by atoms with Crippen LogP contribution in [0.15, 0.2) is 16.6 Å². The monoisotopic (exact) mass is 327 g/mol. The molecular weight excluding hydrogens is 313 g/mol. The lowest BCUT2D eigenvalue weighted by Gasteiger charge is -2.16. The molecule has 5 heteroatoms. The van der Waals surface area contributed by atoms with Crippen LogP contribution in [0, 0.1) is 5.92 Å². The molecule has 0 saturated carbocycles. The van der Waals surface area contributed by atoms with E-state index in [2.05, 4.69) is 29.8 Å². The highest BCUT2D eigenvalue weighted by atomic mass is 79.9. The standard InChI is InChI=1S/C11H15BrClNO.ClH/c1-6(2)5-9(14)7-3-4-8(13)10(12)11(7)15;/h3-4,6,9,15H,5,14H2,1-2H3;1H/t9-;/m1./s1. The van der Waals surface area contributed by atoms with Gasteiger partial charge in [-0.05, 0) is 34.3 Å². The van der Waals surface area contributed by atoms with Crippen LogP contribution < -0.4 is 5.73 Å². The average Bonchev–Trinajstić information content (AvgIpc) is 2.13. The molecule has 2 nitrogen and oxygen atoms in total. The van der Waals surface area contributed by atoms with Crippen molar-refractivity contribution in [2.75, 3.05) is 0 Å². The van der Waals surface area contributed by atoms with Crippen LogP contribution in [-0.4, -0.2) is 5.11 Å². The number of rotatable bonds is 3. The molecule has 1 aromatic rings. The van der Waals surface area contributed by atoms with Gasteiger partial charge in [0, 0.05) is 11.6 Å². The van der Waals surface area contributed by atoms with E-state index in [1.54, 1.807) is 12.1 Å². The van der Waals surface area contributed by atoms with Crippen molar-refractivity contribution < 1.29 is 5.11 Å². The van der Waals surface area contributed by atoms with Gasteiger partial charge >= 0.3 is 0 Å². The zero-order valence-corrected chi connectivity index (χ0v) is 12.4. The molecule has 0 saturated heterocycles. The summed E-state index contributed by atoms with van der Waals surface area (Å²) >= 11 is 9.08. The Morgan fingerprint density at radius 2 is 2.00 bits per heavy atom. The molecule has 0 radical (unpaired) electrons. The van der Waals surface area contributed by atoms with Crippen LogP contribution in [0.1, 0.15) is 31.9 Å². The minimum absolute atomic E-state index is 0. The number of hydrogen-bond acceptors (Lipinski definition) is 2. The van der Waals surface area contributed by atoms with Crippen LogP contribution in [-0.2, 0) is 0 Å². The molecule has 92 valence electrons. The van der Waals surface area contributed by atoms with E-state index in [4.69, 9.17) is 17.3 Å².